The highest BCUT2D eigenvalue weighted by Crippen LogP contribution is 2.19. The molecule has 7 heteroatoms. The number of guanidine groups is 1. The molecule has 0 amide bonds. The molecule has 0 bridgehead atoms. The summed E-state index contributed by atoms with van der Waals surface area (Å²) in [5.74, 6) is 1.79. The zero-order valence-corrected chi connectivity index (χ0v) is 21.9. The number of hydrogen-bond donors (Lipinski definition) is 2. The number of benzene rings is 2. The van der Waals surface area contributed by atoms with Gasteiger partial charge in [0.1, 0.15) is 5.75 Å². The molecule has 0 atom stereocenters. The lowest BCUT2D eigenvalue weighted by Gasteiger charge is -2.27. The Kier molecular flexibility index (Phi) is 11.8. The normalized spacial score (nSPS) is 14.5. The molecule has 32 heavy (non-hydrogen) atoms. The molecule has 0 radical (unpaired) electrons. The van der Waals surface area contributed by atoms with E-state index in [-0.39, 0.29) is 24.0 Å². The lowest BCUT2D eigenvalue weighted by Crippen LogP contribution is -2.38. The van der Waals surface area contributed by atoms with Crippen molar-refractivity contribution in [3.63, 3.8) is 0 Å². The van der Waals surface area contributed by atoms with Crippen molar-refractivity contribution >= 4 is 29.9 Å². The van der Waals surface area contributed by atoms with E-state index < -0.39 is 0 Å². The van der Waals surface area contributed by atoms with Crippen molar-refractivity contribution in [1.82, 2.24) is 15.5 Å². The van der Waals surface area contributed by atoms with Crippen molar-refractivity contribution in [2.45, 2.75) is 33.4 Å². The first kappa shape index (κ1) is 26.4. The number of hydrogen-bond acceptors (Lipinski definition) is 4. The summed E-state index contributed by atoms with van der Waals surface area (Å²) in [6.07, 6.45) is 0.911. The molecule has 176 valence electrons. The van der Waals surface area contributed by atoms with Crippen LogP contribution in [0.25, 0.3) is 0 Å². The van der Waals surface area contributed by atoms with Gasteiger partial charge in [-0.3, -0.25) is 4.90 Å². The Balaban J connectivity index is 0.00000363. The zero-order valence-electron chi connectivity index (χ0n) is 19.5. The Morgan fingerprint density at radius 2 is 1.84 bits per heavy atom. The summed E-state index contributed by atoms with van der Waals surface area (Å²) in [4.78, 5) is 7.29. The maximum absolute atomic E-state index is 5.47. The van der Waals surface area contributed by atoms with Crippen LogP contribution in [0.3, 0.4) is 0 Å². The minimum atomic E-state index is 0. The summed E-state index contributed by atoms with van der Waals surface area (Å²) in [6, 6.07) is 15.0. The van der Waals surface area contributed by atoms with Gasteiger partial charge in [0.25, 0.3) is 0 Å². The molecule has 2 aromatic carbocycles. The molecule has 0 aliphatic carbocycles. The van der Waals surface area contributed by atoms with Crippen LogP contribution < -0.4 is 15.4 Å². The molecular formula is C25H37IN4O2. The molecule has 3 rings (SSSR count). The standard InChI is InChI=1S/C25H36N4O2.HI/c1-4-26-25(27-12-11-21-10-9-20(2)24(17-21)30-3)28-18-22-7-5-6-8-23(22)19-29-13-15-31-16-14-29;/h5-10,17H,4,11-16,18-19H2,1-3H3,(H2,26,27,28);1H. The Hall–Kier alpha value is -1.84. The van der Waals surface area contributed by atoms with Gasteiger partial charge in [0.15, 0.2) is 5.96 Å². The molecule has 2 aromatic rings. The van der Waals surface area contributed by atoms with Crippen molar-refractivity contribution in [3.8, 4) is 5.75 Å². The minimum absolute atomic E-state index is 0. The third-order valence-corrected chi connectivity index (χ3v) is 5.55. The molecule has 0 spiro atoms. The van der Waals surface area contributed by atoms with Crippen molar-refractivity contribution in [1.29, 1.82) is 0 Å². The van der Waals surface area contributed by atoms with Crippen LogP contribution in [0.5, 0.6) is 5.75 Å². The van der Waals surface area contributed by atoms with Gasteiger partial charge in [0, 0.05) is 32.7 Å². The third kappa shape index (κ3) is 8.26. The number of aliphatic imine (C=N–C) groups is 1. The van der Waals surface area contributed by atoms with E-state index in [9.17, 15) is 0 Å². The molecule has 1 aliphatic heterocycles. The van der Waals surface area contributed by atoms with Crippen LogP contribution in [0, 0.1) is 6.92 Å². The van der Waals surface area contributed by atoms with Crippen molar-refractivity contribution in [2.24, 2.45) is 4.99 Å². The second kappa shape index (κ2) is 14.3. The van der Waals surface area contributed by atoms with Gasteiger partial charge in [-0.05, 0) is 48.6 Å². The summed E-state index contributed by atoms with van der Waals surface area (Å²) >= 11 is 0. The average molecular weight is 553 g/mol. The molecule has 6 nitrogen and oxygen atoms in total. The number of nitrogens with one attached hydrogen (secondary N) is 2. The van der Waals surface area contributed by atoms with Crippen LogP contribution in [-0.4, -0.2) is 57.4 Å². The van der Waals surface area contributed by atoms with Crippen LogP contribution in [-0.2, 0) is 24.2 Å². The molecular weight excluding hydrogens is 515 g/mol. The predicted octanol–water partition coefficient (Wildman–Crippen LogP) is 3.75. The van der Waals surface area contributed by atoms with E-state index in [0.717, 1.165) is 69.6 Å². The fourth-order valence-electron chi connectivity index (χ4n) is 3.72. The summed E-state index contributed by atoms with van der Waals surface area (Å²) in [5, 5.41) is 6.82. The molecule has 0 unspecified atom stereocenters. The first-order valence-electron chi connectivity index (χ1n) is 11.2. The van der Waals surface area contributed by atoms with Crippen molar-refractivity contribution < 1.29 is 9.47 Å². The molecule has 2 N–H and O–H groups in total. The summed E-state index contributed by atoms with van der Waals surface area (Å²) in [7, 11) is 1.72. The van der Waals surface area contributed by atoms with E-state index in [1.165, 1.54) is 16.7 Å². The van der Waals surface area contributed by atoms with Gasteiger partial charge in [0.05, 0.1) is 26.9 Å². The first-order valence-corrected chi connectivity index (χ1v) is 11.2. The molecule has 0 saturated carbocycles. The minimum Gasteiger partial charge on any atom is -0.496 e. The van der Waals surface area contributed by atoms with Gasteiger partial charge in [-0.2, -0.15) is 0 Å². The largest absolute Gasteiger partial charge is 0.496 e. The fourth-order valence-corrected chi connectivity index (χ4v) is 3.72. The summed E-state index contributed by atoms with van der Waals surface area (Å²) < 4.78 is 10.9. The van der Waals surface area contributed by atoms with Crippen LogP contribution in [0.4, 0.5) is 0 Å². The summed E-state index contributed by atoms with van der Waals surface area (Å²) in [6.45, 7) is 11.0. The molecule has 0 aromatic heterocycles. The Labute approximate surface area is 209 Å². The van der Waals surface area contributed by atoms with E-state index in [2.05, 4.69) is 71.8 Å². The number of rotatable bonds is 9. The third-order valence-electron chi connectivity index (χ3n) is 5.55. The Morgan fingerprint density at radius 1 is 1.09 bits per heavy atom. The highest BCUT2D eigenvalue weighted by molar-refractivity contribution is 14.0. The lowest BCUT2D eigenvalue weighted by atomic mass is 10.1. The van der Waals surface area contributed by atoms with Gasteiger partial charge in [-0.25, -0.2) is 4.99 Å². The number of halogens is 1. The quantitative estimate of drug-likeness (QED) is 0.282. The molecule has 1 fully saturated rings. The second-order valence-corrected chi connectivity index (χ2v) is 7.83. The topological polar surface area (TPSA) is 58.1 Å². The van der Waals surface area contributed by atoms with Gasteiger partial charge < -0.3 is 20.1 Å². The second-order valence-electron chi connectivity index (χ2n) is 7.83. The fraction of sp³-hybridized carbons (Fsp3) is 0.480. The molecule has 1 heterocycles. The Morgan fingerprint density at radius 3 is 2.56 bits per heavy atom. The van der Waals surface area contributed by atoms with Crippen molar-refractivity contribution in [2.75, 3.05) is 46.5 Å². The van der Waals surface area contributed by atoms with E-state index in [4.69, 9.17) is 14.5 Å². The van der Waals surface area contributed by atoms with Crippen LogP contribution in [0.15, 0.2) is 47.5 Å². The average Bonchev–Trinajstić information content (AvgIpc) is 2.80. The van der Waals surface area contributed by atoms with E-state index in [0.29, 0.717) is 6.54 Å². The Bertz CT molecular complexity index is 854. The highest BCUT2D eigenvalue weighted by Gasteiger charge is 2.12. The number of ether oxygens (including phenoxy) is 2. The van der Waals surface area contributed by atoms with E-state index in [1.807, 2.05) is 0 Å². The van der Waals surface area contributed by atoms with Crippen molar-refractivity contribution in [3.05, 3.63) is 64.7 Å². The lowest BCUT2D eigenvalue weighted by molar-refractivity contribution is 0.0341. The van der Waals surface area contributed by atoms with Gasteiger partial charge >= 0.3 is 0 Å². The number of morpholine rings is 1. The SMILES string of the molecule is CCNC(=NCc1ccccc1CN1CCOCC1)NCCc1ccc(C)c(OC)c1.I. The smallest absolute Gasteiger partial charge is 0.191 e. The zero-order chi connectivity index (χ0) is 21.9. The summed E-state index contributed by atoms with van der Waals surface area (Å²) in [5.41, 5.74) is 5.02. The monoisotopic (exact) mass is 552 g/mol. The number of aryl methyl sites for hydroxylation is 1. The number of methoxy groups -OCH3 is 1. The van der Waals surface area contributed by atoms with Crippen LogP contribution in [0.2, 0.25) is 0 Å². The molecule has 1 saturated heterocycles. The van der Waals surface area contributed by atoms with E-state index >= 15 is 0 Å². The van der Waals surface area contributed by atoms with Crippen LogP contribution in [0.1, 0.15) is 29.2 Å². The maximum Gasteiger partial charge on any atom is 0.191 e. The number of nitrogens with zero attached hydrogens (tertiary/aromatic N) is 2. The van der Waals surface area contributed by atoms with Crippen LogP contribution >= 0.6 is 24.0 Å². The first-order chi connectivity index (χ1) is 15.2. The predicted molar refractivity (Wildman–Crippen MR) is 142 cm³/mol. The van der Waals surface area contributed by atoms with Gasteiger partial charge in [-0.15, -0.1) is 24.0 Å². The maximum atomic E-state index is 5.47. The van der Waals surface area contributed by atoms with Gasteiger partial charge in [0.2, 0.25) is 0 Å². The van der Waals surface area contributed by atoms with Gasteiger partial charge in [-0.1, -0.05) is 36.4 Å². The molecule has 1 aliphatic rings. The van der Waals surface area contributed by atoms with E-state index in [1.54, 1.807) is 7.11 Å². The highest BCUT2D eigenvalue weighted by atomic mass is 127.